The van der Waals surface area contributed by atoms with E-state index < -0.39 is 6.04 Å². The first-order valence-corrected chi connectivity index (χ1v) is 9.42. The lowest BCUT2D eigenvalue weighted by Gasteiger charge is -2.16. The van der Waals surface area contributed by atoms with E-state index in [1.54, 1.807) is 66.9 Å². The van der Waals surface area contributed by atoms with Crippen LogP contribution in [0, 0.1) is 0 Å². The summed E-state index contributed by atoms with van der Waals surface area (Å²) in [6, 6.07) is 18.4. The molecule has 0 radical (unpaired) electrons. The topological polar surface area (TPSA) is 80.9 Å². The van der Waals surface area contributed by atoms with Gasteiger partial charge >= 0.3 is 0 Å². The Labute approximate surface area is 176 Å². The van der Waals surface area contributed by atoms with Crippen molar-refractivity contribution in [1.29, 1.82) is 0 Å². The van der Waals surface area contributed by atoms with Crippen LogP contribution in [0.5, 0.6) is 0 Å². The minimum absolute atomic E-state index is 0.225. The number of nitrogens with one attached hydrogen (secondary N) is 1. The molecule has 0 aliphatic rings. The van der Waals surface area contributed by atoms with E-state index in [1.165, 1.54) is 0 Å². The van der Waals surface area contributed by atoms with Gasteiger partial charge in [-0.25, -0.2) is 0 Å². The molecular weight excluding hydrogens is 411 g/mol. The number of carbonyl (C=O) groups is 1. The van der Waals surface area contributed by atoms with Gasteiger partial charge in [-0.2, -0.15) is 4.98 Å². The third-order valence-corrected chi connectivity index (χ3v) is 4.64. The molecule has 29 heavy (non-hydrogen) atoms. The van der Waals surface area contributed by atoms with Crippen LogP contribution in [-0.2, 0) is 0 Å². The van der Waals surface area contributed by atoms with Crippen LogP contribution < -0.4 is 5.32 Å². The average molecular weight is 425 g/mol. The van der Waals surface area contributed by atoms with Crippen LogP contribution in [0.15, 0.2) is 77.4 Å². The van der Waals surface area contributed by atoms with Crippen LogP contribution in [0.25, 0.3) is 11.5 Å². The molecular formula is C21H14Cl2N4O2. The third kappa shape index (κ3) is 4.45. The molecule has 2 aromatic heterocycles. The van der Waals surface area contributed by atoms with Gasteiger partial charge in [0.05, 0.1) is 0 Å². The average Bonchev–Trinajstić information content (AvgIpc) is 3.23. The molecule has 4 rings (SSSR count). The van der Waals surface area contributed by atoms with E-state index in [9.17, 15) is 4.79 Å². The Morgan fingerprint density at radius 1 is 0.966 bits per heavy atom. The molecule has 4 aromatic rings. The molecule has 1 atom stereocenters. The zero-order chi connectivity index (χ0) is 20.2. The first-order valence-electron chi connectivity index (χ1n) is 8.67. The SMILES string of the molecule is O=C(NC(c1ccc(Cl)cc1)c1nc(-c2ccccn2)no1)c1cccc(Cl)c1. The maximum atomic E-state index is 12.8. The van der Waals surface area contributed by atoms with Crippen LogP contribution in [0.2, 0.25) is 10.0 Å². The highest BCUT2D eigenvalue weighted by molar-refractivity contribution is 6.31. The smallest absolute Gasteiger partial charge is 0.254 e. The third-order valence-electron chi connectivity index (χ3n) is 4.15. The largest absolute Gasteiger partial charge is 0.336 e. The summed E-state index contributed by atoms with van der Waals surface area (Å²) in [5, 5.41) is 7.96. The lowest BCUT2D eigenvalue weighted by molar-refractivity contribution is 0.0936. The molecule has 144 valence electrons. The van der Waals surface area contributed by atoms with E-state index in [4.69, 9.17) is 27.7 Å². The van der Waals surface area contributed by atoms with Crippen LogP contribution >= 0.6 is 23.2 Å². The molecule has 2 aromatic carbocycles. The summed E-state index contributed by atoms with van der Waals surface area (Å²) >= 11 is 12.0. The van der Waals surface area contributed by atoms with Gasteiger partial charge in [-0.1, -0.05) is 52.6 Å². The molecule has 1 N–H and O–H groups in total. The first kappa shape index (κ1) is 19.1. The first-order chi connectivity index (χ1) is 14.1. The summed E-state index contributed by atoms with van der Waals surface area (Å²) in [6.45, 7) is 0. The Balaban J connectivity index is 1.68. The monoisotopic (exact) mass is 424 g/mol. The number of hydrogen-bond donors (Lipinski definition) is 1. The zero-order valence-electron chi connectivity index (χ0n) is 14.9. The number of hydrogen-bond acceptors (Lipinski definition) is 5. The molecule has 8 heteroatoms. The highest BCUT2D eigenvalue weighted by Gasteiger charge is 2.24. The van der Waals surface area contributed by atoms with E-state index in [0.29, 0.717) is 27.1 Å². The second kappa shape index (κ2) is 8.43. The van der Waals surface area contributed by atoms with Gasteiger partial charge in [-0.3, -0.25) is 9.78 Å². The van der Waals surface area contributed by atoms with Gasteiger partial charge in [-0.15, -0.1) is 0 Å². The Bertz CT molecular complexity index is 1130. The molecule has 1 unspecified atom stereocenters. The molecule has 0 saturated carbocycles. The van der Waals surface area contributed by atoms with Crippen molar-refractivity contribution >= 4 is 29.1 Å². The molecule has 1 amide bonds. The Hall–Kier alpha value is -3.22. The molecule has 0 bridgehead atoms. The highest BCUT2D eigenvalue weighted by Crippen LogP contribution is 2.25. The molecule has 0 saturated heterocycles. The number of aromatic nitrogens is 3. The fraction of sp³-hybridized carbons (Fsp3) is 0.0476. The fourth-order valence-electron chi connectivity index (χ4n) is 2.74. The van der Waals surface area contributed by atoms with Gasteiger partial charge in [0, 0.05) is 21.8 Å². The quantitative estimate of drug-likeness (QED) is 0.489. The summed E-state index contributed by atoms with van der Waals surface area (Å²) < 4.78 is 5.45. The van der Waals surface area contributed by atoms with Crippen molar-refractivity contribution in [3.63, 3.8) is 0 Å². The van der Waals surface area contributed by atoms with Crippen LogP contribution in [0.4, 0.5) is 0 Å². The van der Waals surface area contributed by atoms with Gasteiger partial charge in [0.15, 0.2) is 0 Å². The van der Waals surface area contributed by atoms with Gasteiger partial charge in [0.2, 0.25) is 5.82 Å². The second-order valence-electron chi connectivity index (χ2n) is 6.14. The Morgan fingerprint density at radius 2 is 1.79 bits per heavy atom. The van der Waals surface area contributed by atoms with Crippen molar-refractivity contribution < 1.29 is 9.32 Å². The normalized spacial score (nSPS) is 11.8. The minimum atomic E-state index is -0.677. The zero-order valence-corrected chi connectivity index (χ0v) is 16.4. The predicted octanol–water partition coefficient (Wildman–Crippen LogP) is 4.96. The Morgan fingerprint density at radius 3 is 2.52 bits per heavy atom. The molecule has 2 heterocycles. The lowest BCUT2D eigenvalue weighted by Crippen LogP contribution is -2.29. The van der Waals surface area contributed by atoms with Gasteiger partial charge < -0.3 is 9.84 Å². The van der Waals surface area contributed by atoms with Crippen molar-refractivity contribution in [2.45, 2.75) is 6.04 Å². The molecule has 0 spiro atoms. The molecule has 6 nitrogen and oxygen atoms in total. The molecule has 0 fully saturated rings. The van der Waals surface area contributed by atoms with Gasteiger partial charge in [0.25, 0.3) is 11.8 Å². The van der Waals surface area contributed by atoms with E-state index in [0.717, 1.165) is 5.56 Å². The molecule has 0 aliphatic heterocycles. The number of amides is 1. The minimum Gasteiger partial charge on any atom is -0.336 e. The lowest BCUT2D eigenvalue weighted by atomic mass is 10.1. The van der Waals surface area contributed by atoms with E-state index >= 15 is 0 Å². The van der Waals surface area contributed by atoms with Gasteiger partial charge in [-0.05, 0) is 48.0 Å². The predicted molar refractivity (Wildman–Crippen MR) is 110 cm³/mol. The summed E-state index contributed by atoms with van der Waals surface area (Å²) in [6.07, 6.45) is 1.64. The maximum absolute atomic E-state index is 12.8. The second-order valence-corrected chi connectivity index (χ2v) is 7.01. The van der Waals surface area contributed by atoms with Crippen molar-refractivity contribution in [3.8, 4) is 11.5 Å². The number of benzene rings is 2. The van der Waals surface area contributed by atoms with Crippen LogP contribution in [-0.4, -0.2) is 21.0 Å². The van der Waals surface area contributed by atoms with E-state index in [2.05, 4.69) is 20.4 Å². The number of halogens is 2. The van der Waals surface area contributed by atoms with Crippen molar-refractivity contribution in [1.82, 2.24) is 20.4 Å². The number of carbonyl (C=O) groups excluding carboxylic acids is 1. The summed E-state index contributed by atoms with van der Waals surface area (Å²) in [5.74, 6) is 0.227. The van der Waals surface area contributed by atoms with Crippen molar-refractivity contribution in [3.05, 3.63) is 100.0 Å². The Kier molecular flexibility index (Phi) is 5.55. The standard InChI is InChI=1S/C21H14Cl2N4O2/c22-15-9-7-13(8-10-15)18(25-20(28)14-4-3-5-16(23)12-14)21-26-19(27-29-21)17-6-1-2-11-24-17/h1-12,18H,(H,25,28). The summed E-state index contributed by atoms with van der Waals surface area (Å²) in [4.78, 5) is 21.4. The number of nitrogens with zero attached hydrogens (tertiary/aromatic N) is 3. The van der Waals surface area contributed by atoms with Crippen molar-refractivity contribution in [2.24, 2.45) is 0 Å². The van der Waals surface area contributed by atoms with Gasteiger partial charge in [0.1, 0.15) is 11.7 Å². The fourth-order valence-corrected chi connectivity index (χ4v) is 3.05. The number of pyridine rings is 1. The molecule has 0 aliphatic carbocycles. The summed E-state index contributed by atoms with van der Waals surface area (Å²) in [5.41, 5.74) is 1.72. The highest BCUT2D eigenvalue weighted by atomic mass is 35.5. The number of rotatable bonds is 5. The maximum Gasteiger partial charge on any atom is 0.254 e. The summed E-state index contributed by atoms with van der Waals surface area (Å²) in [7, 11) is 0. The van der Waals surface area contributed by atoms with E-state index in [1.807, 2.05) is 6.07 Å². The van der Waals surface area contributed by atoms with Crippen molar-refractivity contribution in [2.75, 3.05) is 0 Å². The van der Waals surface area contributed by atoms with Crippen LogP contribution in [0.3, 0.4) is 0 Å². The van der Waals surface area contributed by atoms with E-state index in [-0.39, 0.29) is 11.8 Å². The van der Waals surface area contributed by atoms with Crippen LogP contribution in [0.1, 0.15) is 27.9 Å².